The number of carbonyl (C=O) groups is 3. The Hall–Kier alpha value is -3.99. The third-order valence-electron chi connectivity index (χ3n) is 6.88. The predicted octanol–water partition coefficient (Wildman–Crippen LogP) is 1.19. The molecule has 2 fully saturated rings. The number of amides is 3. The van der Waals surface area contributed by atoms with E-state index in [4.69, 9.17) is 14.2 Å². The summed E-state index contributed by atoms with van der Waals surface area (Å²) in [4.78, 5) is 44.8. The van der Waals surface area contributed by atoms with E-state index in [0.717, 1.165) is 37.6 Å². The molecule has 2 aliphatic rings. The van der Waals surface area contributed by atoms with Crippen molar-refractivity contribution in [2.24, 2.45) is 0 Å². The summed E-state index contributed by atoms with van der Waals surface area (Å²) in [5.74, 6) is 0.949. The zero-order valence-corrected chi connectivity index (χ0v) is 22.1. The van der Waals surface area contributed by atoms with Gasteiger partial charge in [0.25, 0.3) is 0 Å². The van der Waals surface area contributed by atoms with Crippen molar-refractivity contribution in [1.82, 2.24) is 15.1 Å². The molecule has 2 aromatic carbocycles. The van der Waals surface area contributed by atoms with Gasteiger partial charge in [0.15, 0.2) is 0 Å². The van der Waals surface area contributed by atoms with Crippen molar-refractivity contribution < 1.29 is 28.6 Å². The average Bonchev–Trinajstić information content (AvgIpc) is 2.94. The Morgan fingerprint density at radius 3 is 2.26 bits per heavy atom. The minimum atomic E-state index is -0.881. The van der Waals surface area contributed by atoms with Crippen LogP contribution in [-0.2, 0) is 14.4 Å². The number of rotatable bonds is 9. The second kappa shape index (κ2) is 12.5. The van der Waals surface area contributed by atoms with Crippen LogP contribution in [0.25, 0.3) is 0 Å². The second-order valence-electron chi connectivity index (χ2n) is 9.17. The number of ether oxygens (including phenoxy) is 3. The summed E-state index contributed by atoms with van der Waals surface area (Å²) >= 11 is 0. The molecule has 0 spiro atoms. The van der Waals surface area contributed by atoms with E-state index in [1.807, 2.05) is 24.3 Å². The molecule has 38 heavy (non-hydrogen) atoms. The topological polar surface area (TPSA) is 113 Å². The van der Waals surface area contributed by atoms with Gasteiger partial charge in [0.1, 0.15) is 23.3 Å². The van der Waals surface area contributed by atoms with Crippen molar-refractivity contribution >= 4 is 29.1 Å². The maximum absolute atomic E-state index is 13.3. The van der Waals surface area contributed by atoms with Gasteiger partial charge in [0, 0.05) is 51.0 Å². The number of nitrogens with one attached hydrogen (secondary N) is 2. The van der Waals surface area contributed by atoms with Gasteiger partial charge in [-0.3, -0.25) is 19.3 Å². The lowest BCUT2D eigenvalue weighted by molar-refractivity contribution is -0.145. The van der Waals surface area contributed by atoms with Crippen LogP contribution in [0.3, 0.4) is 0 Å². The molecule has 0 unspecified atom stereocenters. The van der Waals surface area contributed by atoms with Gasteiger partial charge in [-0.1, -0.05) is 0 Å². The number of nitrogens with zero attached hydrogens (tertiary/aromatic N) is 3. The van der Waals surface area contributed by atoms with Gasteiger partial charge in [0.05, 0.1) is 40.0 Å². The Labute approximate surface area is 222 Å². The quantitative estimate of drug-likeness (QED) is 0.502. The summed E-state index contributed by atoms with van der Waals surface area (Å²) in [7, 11) is 4.68. The van der Waals surface area contributed by atoms with Gasteiger partial charge in [-0.05, 0) is 36.4 Å². The molecule has 3 amide bonds. The lowest BCUT2D eigenvalue weighted by Crippen LogP contribution is -2.60. The van der Waals surface area contributed by atoms with Crippen molar-refractivity contribution in [1.29, 1.82) is 0 Å². The lowest BCUT2D eigenvalue weighted by Gasteiger charge is -2.39. The SMILES string of the molecule is COc1ccc(N2CCN(CC(=O)N3CCNC(=O)[C@@H]3CC(=O)Nc3cc(OC)ccc3OC)CC2)cc1. The molecule has 2 N–H and O–H groups in total. The maximum Gasteiger partial charge on any atom is 0.243 e. The molecule has 2 heterocycles. The fourth-order valence-corrected chi connectivity index (χ4v) is 4.74. The molecule has 0 radical (unpaired) electrons. The van der Waals surface area contributed by atoms with Gasteiger partial charge in [0.2, 0.25) is 17.7 Å². The highest BCUT2D eigenvalue weighted by Gasteiger charge is 2.35. The van der Waals surface area contributed by atoms with Gasteiger partial charge in [-0.15, -0.1) is 0 Å². The Morgan fingerprint density at radius 1 is 0.921 bits per heavy atom. The third kappa shape index (κ3) is 6.46. The van der Waals surface area contributed by atoms with E-state index in [0.29, 0.717) is 30.3 Å². The highest BCUT2D eigenvalue weighted by Crippen LogP contribution is 2.29. The number of carbonyl (C=O) groups excluding carboxylic acids is 3. The van der Waals surface area contributed by atoms with Crippen molar-refractivity contribution in [3.63, 3.8) is 0 Å². The molecular formula is C27H35N5O6. The first-order valence-electron chi connectivity index (χ1n) is 12.6. The predicted molar refractivity (Wildman–Crippen MR) is 143 cm³/mol. The van der Waals surface area contributed by atoms with Crippen LogP contribution in [-0.4, -0.2) is 101 Å². The van der Waals surface area contributed by atoms with E-state index in [1.54, 1.807) is 25.3 Å². The van der Waals surface area contributed by atoms with E-state index in [2.05, 4.69) is 20.4 Å². The molecule has 2 saturated heterocycles. The first-order chi connectivity index (χ1) is 18.4. The van der Waals surface area contributed by atoms with E-state index in [1.165, 1.54) is 19.1 Å². The Balaban J connectivity index is 1.34. The molecule has 0 aliphatic carbocycles. The zero-order valence-electron chi connectivity index (χ0n) is 22.1. The molecule has 11 heteroatoms. The standard InChI is InChI=1S/C27H35N5O6/c1-36-20-6-4-19(5-7-20)31-14-12-30(13-15-31)18-26(34)32-11-10-28-27(35)23(32)17-25(33)29-22-16-21(37-2)8-9-24(22)38-3/h4-9,16,23H,10-15,17-18H2,1-3H3,(H,28,35)(H,29,33)/t23-/m0/s1. The summed E-state index contributed by atoms with van der Waals surface area (Å²) in [6, 6.07) is 12.1. The largest absolute Gasteiger partial charge is 0.497 e. The van der Waals surface area contributed by atoms with Crippen molar-refractivity contribution in [2.75, 3.05) is 77.4 Å². The minimum absolute atomic E-state index is 0.158. The number of benzene rings is 2. The van der Waals surface area contributed by atoms with Crippen LogP contribution in [0.5, 0.6) is 17.2 Å². The summed E-state index contributed by atoms with van der Waals surface area (Å²) in [6.45, 7) is 3.93. The lowest BCUT2D eigenvalue weighted by atomic mass is 10.1. The Bertz CT molecular complexity index is 1130. The van der Waals surface area contributed by atoms with Crippen molar-refractivity contribution in [2.45, 2.75) is 12.5 Å². The molecule has 11 nitrogen and oxygen atoms in total. The first kappa shape index (κ1) is 27.1. The number of piperazine rings is 2. The molecule has 1 atom stereocenters. The number of hydrogen-bond donors (Lipinski definition) is 2. The number of anilines is 2. The van der Waals surface area contributed by atoms with Gasteiger partial charge >= 0.3 is 0 Å². The van der Waals surface area contributed by atoms with Crippen molar-refractivity contribution in [3.8, 4) is 17.2 Å². The first-order valence-corrected chi connectivity index (χ1v) is 12.6. The van der Waals surface area contributed by atoms with Crippen LogP contribution < -0.4 is 29.7 Å². The van der Waals surface area contributed by atoms with Crippen LogP contribution in [0.2, 0.25) is 0 Å². The van der Waals surface area contributed by atoms with Gasteiger partial charge in [-0.25, -0.2) is 0 Å². The molecule has 0 aromatic heterocycles. The normalized spacial score (nSPS) is 18.0. The molecule has 204 valence electrons. The molecule has 0 bridgehead atoms. The molecule has 4 rings (SSSR count). The van der Waals surface area contributed by atoms with E-state index >= 15 is 0 Å². The highest BCUT2D eigenvalue weighted by molar-refractivity contribution is 5.98. The van der Waals surface area contributed by atoms with Crippen LogP contribution >= 0.6 is 0 Å². The van der Waals surface area contributed by atoms with Crippen LogP contribution in [0.15, 0.2) is 42.5 Å². The Morgan fingerprint density at radius 2 is 1.61 bits per heavy atom. The molecule has 2 aliphatic heterocycles. The summed E-state index contributed by atoms with van der Waals surface area (Å²) in [6.07, 6.45) is -0.164. The monoisotopic (exact) mass is 525 g/mol. The Kier molecular flexibility index (Phi) is 8.90. The maximum atomic E-state index is 13.3. The summed E-state index contributed by atoms with van der Waals surface area (Å²) < 4.78 is 15.8. The summed E-state index contributed by atoms with van der Waals surface area (Å²) in [5.41, 5.74) is 1.55. The zero-order chi connectivity index (χ0) is 27.1. The van der Waals surface area contributed by atoms with E-state index < -0.39 is 11.9 Å². The van der Waals surface area contributed by atoms with E-state index in [-0.39, 0.29) is 24.8 Å². The van der Waals surface area contributed by atoms with Crippen LogP contribution in [0, 0.1) is 0 Å². The van der Waals surface area contributed by atoms with Gasteiger partial charge in [-0.2, -0.15) is 0 Å². The van der Waals surface area contributed by atoms with Gasteiger partial charge < -0.3 is 34.6 Å². The van der Waals surface area contributed by atoms with Crippen molar-refractivity contribution in [3.05, 3.63) is 42.5 Å². The van der Waals surface area contributed by atoms with Crippen LogP contribution in [0.1, 0.15) is 6.42 Å². The summed E-state index contributed by atoms with van der Waals surface area (Å²) in [5, 5.41) is 5.56. The molecule has 2 aromatic rings. The average molecular weight is 526 g/mol. The third-order valence-corrected chi connectivity index (χ3v) is 6.88. The number of methoxy groups -OCH3 is 3. The van der Waals surface area contributed by atoms with Crippen LogP contribution in [0.4, 0.5) is 11.4 Å². The van der Waals surface area contributed by atoms with E-state index in [9.17, 15) is 14.4 Å². The second-order valence-corrected chi connectivity index (χ2v) is 9.17. The number of hydrogen-bond acceptors (Lipinski definition) is 8. The minimum Gasteiger partial charge on any atom is -0.497 e. The molecular weight excluding hydrogens is 490 g/mol. The molecule has 0 saturated carbocycles. The fraction of sp³-hybridized carbons (Fsp3) is 0.444. The smallest absolute Gasteiger partial charge is 0.243 e. The fourth-order valence-electron chi connectivity index (χ4n) is 4.74. The highest BCUT2D eigenvalue weighted by atomic mass is 16.5.